The third-order valence-electron chi connectivity index (χ3n) is 3.64. The SMILES string of the molecule is CC(=O)Nc1ccc(NC(=O)/C=C/c2ccc(-c3ccccc3Cl)s2)cc1. The van der Waals surface area contributed by atoms with E-state index in [2.05, 4.69) is 10.6 Å². The van der Waals surface area contributed by atoms with E-state index < -0.39 is 0 Å². The number of hydrogen-bond donors (Lipinski definition) is 2. The van der Waals surface area contributed by atoms with Gasteiger partial charge in [-0.15, -0.1) is 11.3 Å². The molecule has 6 heteroatoms. The smallest absolute Gasteiger partial charge is 0.248 e. The fourth-order valence-corrected chi connectivity index (χ4v) is 3.67. The Hall–Kier alpha value is -2.89. The Labute approximate surface area is 166 Å². The minimum Gasteiger partial charge on any atom is -0.326 e. The van der Waals surface area contributed by atoms with E-state index in [-0.39, 0.29) is 11.8 Å². The van der Waals surface area contributed by atoms with E-state index in [9.17, 15) is 9.59 Å². The summed E-state index contributed by atoms with van der Waals surface area (Å²) in [6.07, 6.45) is 3.26. The van der Waals surface area contributed by atoms with Gasteiger partial charge in [-0.1, -0.05) is 29.8 Å². The topological polar surface area (TPSA) is 58.2 Å². The first-order chi connectivity index (χ1) is 13.0. The third-order valence-corrected chi connectivity index (χ3v) is 5.05. The lowest BCUT2D eigenvalue weighted by atomic mass is 10.2. The molecule has 0 aliphatic heterocycles. The summed E-state index contributed by atoms with van der Waals surface area (Å²) in [5.74, 6) is -0.364. The molecule has 27 heavy (non-hydrogen) atoms. The zero-order chi connectivity index (χ0) is 19.2. The summed E-state index contributed by atoms with van der Waals surface area (Å²) in [4.78, 5) is 25.1. The Morgan fingerprint density at radius 3 is 2.26 bits per heavy atom. The summed E-state index contributed by atoms with van der Waals surface area (Å²) in [6, 6.07) is 18.5. The molecule has 0 aliphatic rings. The Morgan fingerprint density at radius 2 is 1.59 bits per heavy atom. The number of benzene rings is 2. The van der Waals surface area contributed by atoms with Gasteiger partial charge in [0.25, 0.3) is 0 Å². The van der Waals surface area contributed by atoms with Gasteiger partial charge in [0, 0.05) is 44.7 Å². The van der Waals surface area contributed by atoms with Crippen LogP contribution in [0.1, 0.15) is 11.8 Å². The molecule has 0 fully saturated rings. The van der Waals surface area contributed by atoms with Crippen molar-refractivity contribution in [2.24, 2.45) is 0 Å². The highest BCUT2D eigenvalue weighted by atomic mass is 35.5. The molecule has 0 bridgehead atoms. The Bertz CT molecular complexity index is 993. The van der Waals surface area contributed by atoms with Gasteiger partial charge < -0.3 is 10.6 Å². The van der Waals surface area contributed by atoms with Crippen molar-refractivity contribution in [3.63, 3.8) is 0 Å². The summed E-state index contributed by atoms with van der Waals surface area (Å²) < 4.78 is 0. The highest BCUT2D eigenvalue weighted by molar-refractivity contribution is 7.16. The number of hydrogen-bond acceptors (Lipinski definition) is 3. The van der Waals surface area contributed by atoms with Crippen LogP contribution in [0.4, 0.5) is 11.4 Å². The number of nitrogens with one attached hydrogen (secondary N) is 2. The molecule has 4 nitrogen and oxygen atoms in total. The van der Waals surface area contributed by atoms with Crippen molar-refractivity contribution in [3.05, 3.63) is 76.6 Å². The number of carbonyl (C=O) groups excluding carboxylic acids is 2. The van der Waals surface area contributed by atoms with E-state index in [0.717, 1.165) is 15.3 Å². The average Bonchev–Trinajstić information content (AvgIpc) is 3.10. The van der Waals surface area contributed by atoms with E-state index in [1.54, 1.807) is 41.7 Å². The molecule has 0 saturated heterocycles. The molecule has 2 N–H and O–H groups in total. The second kappa shape index (κ2) is 8.66. The van der Waals surface area contributed by atoms with Gasteiger partial charge in [-0.25, -0.2) is 0 Å². The van der Waals surface area contributed by atoms with Crippen molar-refractivity contribution in [2.75, 3.05) is 10.6 Å². The van der Waals surface area contributed by atoms with Gasteiger partial charge in [0.05, 0.1) is 0 Å². The normalized spacial score (nSPS) is 10.7. The average molecular weight is 397 g/mol. The van der Waals surface area contributed by atoms with Gasteiger partial charge in [0.1, 0.15) is 0 Å². The second-order valence-electron chi connectivity index (χ2n) is 5.76. The quantitative estimate of drug-likeness (QED) is 0.545. The van der Waals surface area contributed by atoms with Crippen molar-refractivity contribution >= 4 is 52.2 Å². The Kier molecular flexibility index (Phi) is 6.06. The van der Waals surface area contributed by atoms with Crippen LogP contribution >= 0.6 is 22.9 Å². The number of amides is 2. The molecule has 2 aromatic carbocycles. The molecule has 0 atom stereocenters. The number of thiophene rings is 1. The zero-order valence-electron chi connectivity index (χ0n) is 14.5. The number of anilines is 2. The number of carbonyl (C=O) groups is 2. The molecule has 0 unspecified atom stereocenters. The predicted molar refractivity (Wildman–Crippen MR) is 113 cm³/mol. The maximum absolute atomic E-state index is 12.1. The van der Waals surface area contributed by atoms with E-state index in [4.69, 9.17) is 11.6 Å². The molecule has 2 amide bonds. The van der Waals surface area contributed by atoms with Gasteiger partial charge in [0.2, 0.25) is 11.8 Å². The minimum atomic E-state index is -0.227. The summed E-state index contributed by atoms with van der Waals surface area (Å²) >= 11 is 7.79. The van der Waals surface area contributed by atoms with Crippen LogP contribution in [0.3, 0.4) is 0 Å². The van der Waals surface area contributed by atoms with Gasteiger partial charge in [0.15, 0.2) is 0 Å². The molecule has 3 rings (SSSR count). The first kappa shape index (κ1) is 18.9. The first-order valence-electron chi connectivity index (χ1n) is 8.23. The Balaban J connectivity index is 1.62. The van der Waals surface area contributed by atoms with Crippen LogP contribution in [0.15, 0.2) is 66.7 Å². The van der Waals surface area contributed by atoms with Crippen molar-refractivity contribution in [1.82, 2.24) is 0 Å². The summed E-state index contributed by atoms with van der Waals surface area (Å²) in [5.41, 5.74) is 2.32. The number of halogens is 1. The highest BCUT2D eigenvalue weighted by Gasteiger charge is 2.05. The van der Waals surface area contributed by atoms with Crippen molar-refractivity contribution in [2.45, 2.75) is 6.92 Å². The third kappa shape index (κ3) is 5.29. The second-order valence-corrected chi connectivity index (χ2v) is 7.29. The maximum Gasteiger partial charge on any atom is 0.248 e. The Morgan fingerprint density at radius 1 is 0.926 bits per heavy atom. The number of rotatable bonds is 5. The van der Waals surface area contributed by atoms with Gasteiger partial charge in [-0.3, -0.25) is 9.59 Å². The van der Waals surface area contributed by atoms with Crippen LogP contribution in [0, 0.1) is 0 Å². The summed E-state index contributed by atoms with van der Waals surface area (Å²) in [6.45, 7) is 1.45. The first-order valence-corrected chi connectivity index (χ1v) is 9.42. The molecule has 1 aromatic heterocycles. The lowest BCUT2D eigenvalue weighted by molar-refractivity contribution is -0.114. The van der Waals surface area contributed by atoms with Crippen LogP contribution in [-0.4, -0.2) is 11.8 Å². The molecule has 0 saturated carbocycles. The molecule has 0 spiro atoms. The lowest BCUT2D eigenvalue weighted by Crippen LogP contribution is -2.08. The standard InChI is InChI=1S/C21H17ClN2O2S/c1-14(25)23-15-6-8-16(9-7-15)24-21(26)13-11-17-10-12-20(27-17)18-4-2-3-5-19(18)22/h2-13H,1H3,(H,23,25)(H,24,26)/b13-11+. The molecule has 1 heterocycles. The van der Waals surface area contributed by atoms with E-state index in [0.29, 0.717) is 16.4 Å². The van der Waals surface area contributed by atoms with Crippen molar-refractivity contribution < 1.29 is 9.59 Å². The van der Waals surface area contributed by atoms with E-state index in [1.165, 1.54) is 13.0 Å². The monoisotopic (exact) mass is 396 g/mol. The van der Waals surface area contributed by atoms with Crippen LogP contribution in [0.25, 0.3) is 16.5 Å². The van der Waals surface area contributed by atoms with Crippen LogP contribution < -0.4 is 10.6 Å². The van der Waals surface area contributed by atoms with E-state index >= 15 is 0 Å². The summed E-state index contributed by atoms with van der Waals surface area (Å²) in [7, 11) is 0. The van der Waals surface area contributed by atoms with Crippen molar-refractivity contribution in [3.8, 4) is 10.4 Å². The highest BCUT2D eigenvalue weighted by Crippen LogP contribution is 2.33. The molecule has 136 valence electrons. The van der Waals surface area contributed by atoms with Crippen LogP contribution in [-0.2, 0) is 9.59 Å². The molecule has 0 aliphatic carbocycles. The lowest BCUT2D eigenvalue weighted by Gasteiger charge is -2.05. The molecule has 3 aromatic rings. The maximum atomic E-state index is 12.1. The predicted octanol–water partition coefficient (Wildman–Crippen LogP) is 5.68. The van der Waals surface area contributed by atoms with Gasteiger partial charge in [-0.2, -0.15) is 0 Å². The fourth-order valence-electron chi connectivity index (χ4n) is 2.43. The summed E-state index contributed by atoms with van der Waals surface area (Å²) in [5, 5.41) is 6.17. The zero-order valence-corrected chi connectivity index (χ0v) is 16.1. The van der Waals surface area contributed by atoms with Gasteiger partial charge >= 0.3 is 0 Å². The molecular formula is C21H17ClN2O2S. The minimum absolute atomic E-state index is 0.137. The molecular weight excluding hydrogens is 380 g/mol. The molecule has 0 radical (unpaired) electrons. The van der Waals surface area contributed by atoms with Crippen LogP contribution in [0.2, 0.25) is 5.02 Å². The largest absolute Gasteiger partial charge is 0.326 e. The van der Waals surface area contributed by atoms with E-state index in [1.807, 2.05) is 36.4 Å². The van der Waals surface area contributed by atoms with Crippen LogP contribution in [0.5, 0.6) is 0 Å². The fraction of sp³-hybridized carbons (Fsp3) is 0.0476. The van der Waals surface area contributed by atoms with Gasteiger partial charge in [-0.05, 0) is 48.5 Å². The van der Waals surface area contributed by atoms with Crippen molar-refractivity contribution in [1.29, 1.82) is 0 Å².